The highest BCUT2D eigenvalue weighted by Crippen LogP contribution is 2.73. The lowest BCUT2D eigenvalue weighted by atomic mass is 10.2. The molecule has 0 aromatic rings. The maximum Gasteiger partial charge on any atom is 0.347 e. The highest BCUT2D eigenvalue weighted by Gasteiger charge is 2.72. The van der Waals surface area contributed by atoms with Crippen LogP contribution in [-0.2, 0) is 23.1 Å². The molecule has 0 aromatic carbocycles. The summed E-state index contributed by atoms with van der Waals surface area (Å²) < 4.78 is 27.6. The molecule has 1 aliphatic carbocycles. The third-order valence-corrected chi connectivity index (χ3v) is 5.74. The number of rotatable bonds is 4. The van der Waals surface area contributed by atoms with Gasteiger partial charge in [0, 0.05) is 14.2 Å². The fourth-order valence-corrected chi connectivity index (χ4v) is 4.06. The Morgan fingerprint density at radius 1 is 1.29 bits per heavy atom. The fraction of sp³-hybridized carbons (Fsp3) is 0.909. The van der Waals surface area contributed by atoms with Crippen LogP contribution < -0.4 is 0 Å². The molecule has 5 nitrogen and oxygen atoms in total. The van der Waals surface area contributed by atoms with Gasteiger partial charge in [-0.2, -0.15) is 0 Å². The molecule has 1 rings (SSSR count). The lowest BCUT2D eigenvalue weighted by molar-refractivity contribution is -0.156. The predicted molar refractivity (Wildman–Crippen MR) is 64.0 cm³/mol. The number of ether oxygens (including phenoxy) is 1. The molecule has 0 aromatic heterocycles. The van der Waals surface area contributed by atoms with Crippen LogP contribution >= 0.6 is 7.60 Å². The Labute approximate surface area is 102 Å². The van der Waals surface area contributed by atoms with Gasteiger partial charge in [0.05, 0.1) is 0 Å². The van der Waals surface area contributed by atoms with Crippen LogP contribution in [0, 0.1) is 5.92 Å². The lowest BCUT2D eigenvalue weighted by Gasteiger charge is -2.27. The van der Waals surface area contributed by atoms with E-state index in [4.69, 9.17) is 13.8 Å². The van der Waals surface area contributed by atoms with Gasteiger partial charge in [-0.3, -0.25) is 9.36 Å². The van der Waals surface area contributed by atoms with E-state index < -0.39 is 24.3 Å². The second-order valence-electron chi connectivity index (χ2n) is 5.39. The van der Waals surface area contributed by atoms with Crippen LogP contribution in [0.4, 0.5) is 0 Å². The topological polar surface area (TPSA) is 61.8 Å². The van der Waals surface area contributed by atoms with Gasteiger partial charge >= 0.3 is 13.6 Å². The number of hydrogen-bond acceptors (Lipinski definition) is 5. The molecule has 100 valence electrons. The molecule has 6 heteroatoms. The molecule has 0 spiro atoms. The van der Waals surface area contributed by atoms with Crippen molar-refractivity contribution in [3.63, 3.8) is 0 Å². The van der Waals surface area contributed by atoms with Crippen LogP contribution in [0.5, 0.6) is 0 Å². The Balaban J connectivity index is 3.00. The largest absolute Gasteiger partial charge is 0.459 e. The van der Waals surface area contributed by atoms with Crippen molar-refractivity contribution in [1.82, 2.24) is 0 Å². The second kappa shape index (κ2) is 4.38. The summed E-state index contributed by atoms with van der Waals surface area (Å²) >= 11 is 0. The van der Waals surface area contributed by atoms with Crippen LogP contribution in [0.2, 0.25) is 0 Å². The van der Waals surface area contributed by atoms with Gasteiger partial charge in [-0.1, -0.05) is 6.92 Å². The monoisotopic (exact) mass is 264 g/mol. The van der Waals surface area contributed by atoms with E-state index in [0.717, 1.165) is 0 Å². The number of esters is 1. The molecule has 0 saturated heterocycles. The van der Waals surface area contributed by atoms with Crippen molar-refractivity contribution < 1.29 is 23.1 Å². The first-order chi connectivity index (χ1) is 7.63. The second-order valence-corrected chi connectivity index (χ2v) is 7.92. The molecule has 0 amide bonds. The Bertz CT molecular complexity index is 351. The summed E-state index contributed by atoms with van der Waals surface area (Å²) in [7, 11) is -0.860. The van der Waals surface area contributed by atoms with Crippen molar-refractivity contribution >= 4 is 13.6 Å². The number of hydrogen-bond donors (Lipinski definition) is 0. The summed E-state index contributed by atoms with van der Waals surface area (Å²) in [6.07, 6.45) is 0.473. The van der Waals surface area contributed by atoms with Crippen molar-refractivity contribution in [2.45, 2.75) is 44.9 Å². The zero-order chi connectivity index (χ0) is 13.5. The summed E-state index contributed by atoms with van der Waals surface area (Å²) in [4.78, 5) is 12.2. The summed E-state index contributed by atoms with van der Waals surface area (Å²) in [6, 6.07) is 0. The van der Waals surface area contributed by atoms with E-state index in [9.17, 15) is 9.36 Å². The van der Waals surface area contributed by atoms with Gasteiger partial charge in [-0.15, -0.1) is 0 Å². The molecule has 1 aliphatic rings. The minimum absolute atomic E-state index is 0.0527. The molecule has 2 atom stereocenters. The van der Waals surface area contributed by atoms with Gasteiger partial charge in [0.25, 0.3) is 0 Å². The zero-order valence-corrected chi connectivity index (χ0v) is 12.2. The number of carbonyl (C=O) groups excluding carboxylic acids is 1. The standard InChI is InChI=1S/C11H21O5P/c1-8-7-11(8,17(13,14-5)15-6)9(12)16-10(2,3)4/h8H,7H2,1-6H3/t8-,11-/m1/s1. The molecule has 1 fully saturated rings. The van der Waals surface area contributed by atoms with Crippen molar-refractivity contribution in [3.05, 3.63) is 0 Å². The Kier molecular flexibility index (Phi) is 3.78. The molecule has 0 radical (unpaired) electrons. The van der Waals surface area contributed by atoms with E-state index in [0.29, 0.717) is 6.42 Å². The SMILES string of the molecule is COP(=O)(OC)[C@]1(C(=O)OC(C)(C)C)C[C@H]1C. The maximum absolute atomic E-state index is 12.4. The molecule has 0 heterocycles. The van der Waals surface area contributed by atoms with E-state index in [1.807, 2.05) is 6.92 Å². The Hall–Kier alpha value is -0.380. The Morgan fingerprint density at radius 2 is 1.71 bits per heavy atom. The van der Waals surface area contributed by atoms with Gasteiger partial charge in [-0.25, -0.2) is 0 Å². The molecule has 17 heavy (non-hydrogen) atoms. The van der Waals surface area contributed by atoms with Crippen molar-refractivity contribution in [3.8, 4) is 0 Å². The first-order valence-electron chi connectivity index (χ1n) is 5.58. The smallest absolute Gasteiger partial charge is 0.347 e. The van der Waals surface area contributed by atoms with Crippen LogP contribution in [0.3, 0.4) is 0 Å². The predicted octanol–water partition coefficient (Wildman–Crippen LogP) is 2.59. The van der Waals surface area contributed by atoms with E-state index in [2.05, 4.69) is 0 Å². The van der Waals surface area contributed by atoms with Gasteiger partial charge in [0.15, 0.2) is 5.16 Å². The first-order valence-corrected chi connectivity index (χ1v) is 7.12. The van der Waals surface area contributed by atoms with Crippen molar-refractivity contribution in [2.24, 2.45) is 5.92 Å². The molecule has 0 unspecified atom stereocenters. The van der Waals surface area contributed by atoms with Gasteiger partial charge in [-0.05, 0) is 33.1 Å². The van der Waals surface area contributed by atoms with E-state index in [-0.39, 0.29) is 5.92 Å². The summed E-state index contributed by atoms with van der Waals surface area (Å²) in [6.45, 7) is 7.16. The summed E-state index contributed by atoms with van der Waals surface area (Å²) in [5.41, 5.74) is -0.612. The van der Waals surface area contributed by atoms with Crippen molar-refractivity contribution in [1.29, 1.82) is 0 Å². The van der Waals surface area contributed by atoms with Crippen molar-refractivity contribution in [2.75, 3.05) is 14.2 Å². The number of carbonyl (C=O) groups is 1. The van der Waals surface area contributed by atoms with Gasteiger partial charge in [0.1, 0.15) is 5.60 Å². The summed E-state index contributed by atoms with van der Waals surface area (Å²) in [5, 5.41) is -1.12. The maximum atomic E-state index is 12.4. The van der Waals surface area contributed by atoms with Crippen LogP contribution in [0.1, 0.15) is 34.1 Å². The molecular formula is C11H21O5P. The molecule has 0 aliphatic heterocycles. The molecular weight excluding hydrogens is 243 g/mol. The molecule has 0 bridgehead atoms. The third-order valence-electron chi connectivity index (χ3n) is 2.99. The minimum atomic E-state index is -3.45. The lowest BCUT2D eigenvalue weighted by Crippen LogP contribution is -2.35. The van der Waals surface area contributed by atoms with E-state index in [1.54, 1.807) is 20.8 Å². The average molecular weight is 264 g/mol. The van der Waals surface area contributed by atoms with E-state index >= 15 is 0 Å². The normalized spacial score (nSPS) is 28.9. The average Bonchev–Trinajstić information content (AvgIpc) is 2.88. The van der Waals surface area contributed by atoms with Crippen LogP contribution in [-0.4, -0.2) is 30.9 Å². The highest BCUT2D eigenvalue weighted by atomic mass is 31.2. The zero-order valence-electron chi connectivity index (χ0n) is 11.3. The quantitative estimate of drug-likeness (QED) is 0.577. The first kappa shape index (κ1) is 14.7. The highest BCUT2D eigenvalue weighted by molar-refractivity contribution is 7.57. The van der Waals surface area contributed by atoms with Gasteiger partial charge < -0.3 is 13.8 Å². The van der Waals surface area contributed by atoms with Crippen LogP contribution in [0.25, 0.3) is 0 Å². The minimum Gasteiger partial charge on any atom is -0.459 e. The van der Waals surface area contributed by atoms with E-state index in [1.165, 1.54) is 14.2 Å². The molecule has 1 saturated carbocycles. The third kappa shape index (κ3) is 2.42. The fourth-order valence-electron chi connectivity index (χ4n) is 1.95. The Morgan fingerprint density at radius 3 is 1.94 bits per heavy atom. The summed E-state index contributed by atoms with van der Waals surface area (Å²) in [5.74, 6) is -0.549. The van der Waals surface area contributed by atoms with Gasteiger partial charge in [0.2, 0.25) is 0 Å². The molecule has 0 N–H and O–H groups in total. The van der Waals surface area contributed by atoms with Crippen LogP contribution in [0.15, 0.2) is 0 Å².